The van der Waals surface area contributed by atoms with Crippen molar-refractivity contribution in [2.75, 3.05) is 12.8 Å². The molecule has 0 aliphatic carbocycles. The molecule has 1 aromatic heterocycles. The SMILES string of the molecule is COC(=O)C(C)n1c(C(C)(C)C)nc2cc(N)ccc21. The summed E-state index contributed by atoms with van der Waals surface area (Å²) < 4.78 is 6.80. The van der Waals surface area contributed by atoms with E-state index >= 15 is 0 Å². The van der Waals surface area contributed by atoms with Crippen LogP contribution in [0, 0.1) is 0 Å². The zero-order chi connectivity index (χ0) is 15.1. The summed E-state index contributed by atoms with van der Waals surface area (Å²) in [7, 11) is 1.40. The van der Waals surface area contributed by atoms with Gasteiger partial charge in [0.2, 0.25) is 0 Å². The van der Waals surface area contributed by atoms with Crippen molar-refractivity contribution in [1.82, 2.24) is 9.55 Å². The van der Waals surface area contributed by atoms with E-state index in [2.05, 4.69) is 25.8 Å². The first kappa shape index (κ1) is 14.4. The first-order valence-corrected chi connectivity index (χ1v) is 6.61. The summed E-state index contributed by atoms with van der Waals surface area (Å²) in [4.78, 5) is 16.6. The number of nitrogens with two attached hydrogens (primary N) is 1. The molecule has 0 amide bonds. The Hall–Kier alpha value is -2.04. The predicted molar refractivity (Wildman–Crippen MR) is 79.6 cm³/mol. The third-order valence-electron chi connectivity index (χ3n) is 3.31. The molecule has 0 aliphatic rings. The summed E-state index contributed by atoms with van der Waals surface area (Å²) in [5, 5.41) is 0. The third kappa shape index (κ3) is 2.35. The smallest absolute Gasteiger partial charge is 0.328 e. The van der Waals surface area contributed by atoms with E-state index in [9.17, 15) is 4.79 Å². The van der Waals surface area contributed by atoms with E-state index in [0.29, 0.717) is 5.69 Å². The number of rotatable bonds is 2. The molecule has 2 rings (SSSR count). The molecule has 0 radical (unpaired) electrons. The van der Waals surface area contributed by atoms with Crippen LogP contribution in [0.2, 0.25) is 0 Å². The number of nitrogen functional groups attached to an aromatic ring is 1. The molecule has 1 unspecified atom stereocenters. The number of anilines is 1. The van der Waals surface area contributed by atoms with Crippen LogP contribution in [0.1, 0.15) is 39.6 Å². The average Bonchev–Trinajstić information content (AvgIpc) is 2.75. The Labute approximate surface area is 118 Å². The quantitative estimate of drug-likeness (QED) is 0.675. The van der Waals surface area contributed by atoms with Crippen molar-refractivity contribution in [1.29, 1.82) is 0 Å². The first-order chi connectivity index (χ1) is 9.25. The van der Waals surface area contributed by atoms with Crippen LogP contribution >= 0.6 is 0 Å². The van der Waals surface area contributed by atoms with E-state index < -0.39 is 6.04 Å². The number of ether oxygens (including phenoxy) is 1. The lowest BCUT2D eigenvalue weighted by atomic mass is 9.95. The number of fused-ring (bicyclic) bond motifs is 1. The van der Waals surface area contributed by atoms with Crippen LogP contribution in [0.15, 0.2) is 18.2 Å². The standard InChI is InChI=1S/C15H21N3O2/c1-9(13(19)20-5)18-12-7-6-10(16)8-11(12)17-14(18)15(2,3)4/h6-9H,16H2,1-5H3. The molecular formula is C15H21N3O2. The van der Waals surface area contributed by atoms with Crippen LogP contribution in [0.3, 0.4) is 0 Å². The molecule has 5 nitrogen and oxygen atoms in total. The second-order valence-electron chi connectivity index (χ2n) is 6.00. The highest BCUT2D eigenvalue weighted by molar-refractivity contribution is 5.83. The molecule has 108 valence electrons. The Kier molecular flexibility index (Phi) is 3.46. The van der Waals surface area contributed by atoms with Gasteiger partial charge in [0.1, 0.15) is 11.9 Å². The van der Waals surface area contributed by atoms with Crippen molar-refractivity contribution < 1.29 is 9.53 Å². The van der Waals surface area contributed by atoms with E-state index in [1.54, 1.807) is 0 Å². The Morgan fingerprint density at radius 2 is 2.05 bits per heavy atom. The summed E-state index contributed by atoms with van der Waals surface area (Å²) in [6, 6.07) is 5.11. The Morgan fingerprint density at radius 1 is 1.40 bits per heavy atom. The highest BCUT2D eigenvalue weighted by Crippen LogP contribution is 2.30. The zero-order valence-electron chi connectivity index (χ0n) is 12.6. The molecule has 2 N–H and O–H groups in total. The predicted octanol–water partition coefficient (Wildman–Crippen LogP) is 2.65. The Morgan fingerprint density at radius 3 is 2.60 bits per heavy atom. The summed E-state index contributed by atoms with van der Waals surface area (Å²) in [5.74, 6) is 0.558. The van der Waals surface area contributed by atoms with E-state index in [4.69, 9.17) is 10.5 Å². The van der Waals surface area contributed by atoms with Crippen LogP contribution < -0.4 is 5.73 Å². The maximum absolute atomic E-state index is 11.9. The summed E-state index contributed by atoms with van der Waals surface area (Å²) in [6.07, 6.45) is 0. The number of imidazole rings is 1. The minimum absolute atomic E-state index is 0.184. The van der Waals surface area contributed by atoms with E-state index in [1.807, 2.05) is 29.7 Å². The number of carbonyl (C=O) groups excluding carboxylic acids is 1. The lowest BCUT2D eigenvalue weighted by molar-refractivity contribution is -0.144. The van der Waals surface area contributed by atoms with Gasteiger partial charge in [-0.15, -0.1) is 0 Å². The van der Waals surface area contributed by atoms with Gasteiger partial charge < -0.3 is 15.0 Å². The molecule has 0 saturated heterocycles. The minimum Gasteiger partial charge on any atom is -0.467 e. The van der Waals surface area contributed by atoms with Gasteiger partial charge in [0.25, 0.3) is 0 Å². The van der Waals surface area contributed by atoms with Crippen LogP contribution in [0.5, 0.6) is 0 Å². The number of aromatic nitrogens is 2. The first-order valence-electron chi connectivity index (χ1n) is 6.61. The average molecular weight is 275 g/mol. The van der Waals surface area contributed by atoms with Gasteiger partial charge in [0, 0.05) is 11.1 Å². The maximum Gasteiger partial charge on any atom is 0.328 e. The molecule has 0 spiro atoms. The molecule has 0 saturated carbocycles. The maximum atomic E-state index is 11.9. The fourth-order valence-corrected chi connectivity index (χ4v) is 2.31. The molecule has 5 heteroatoms. The van der Waals surface area contributed by atoms with Crippen molar-refractivity contribution in [3.8, 4) is 0 Å². The second-order valence-corrected chi connectivity index (χ2v) is 6.00. The van der Waals surface area contributed by atoms with Crippen molar-refractivity contribution in [3.05, 3.63) is 24.0 Å². The number of hydrogen-bond acceptors (Lipinski definition) is 4. The van der Waals surface area contributed by atoms with Crippen molar-refractivity contribution in [2.24, 2.45) is 0 Å². The Balaban J connectivity index is 2.74. The van der Waals surface area contributed by atoms with Gasteiger partial charge >= 0.3 is 5.97 Å². The number of esters is 1. The number of benzene rings is 1. The highest BCUT2D eigenvalue weighted by atomic mass is 16.5. The number of carbonyl (C=O) groups is 1. The van der Waals surface area contributed by atoms with E-state index in [-0.39, 0.29) is 11.4 Å². The van der Waals surface area contributed by atoms with Gasteiger partial charge in [-0.05, 0) is 25.1 Å². The fourth-order valence-electron chi connectivity index (χ4n) is 2.31. The van der Waals surface area contributed by atoms with Crippen molar-refractivity contribution in [2.45, 2.75) is 39.2 Å². The van der Waals surface area contributed by atoms with Gasteiger partial charge in [0.15, 0.2) is 0 Å². The molecule has 0 bridgehead atoms. The van der Waals surface area contributed by atoms with Crippen molar-refractivity contribution in [3.63, 3.8) is 0 Å². The van der Waals surface area contributed by atoms with Gasteiger partial charge in [-0.2, -0.15) is 0 Å². The minimum atomic E-state index is -0.428. The second kappa shape index (κ2) is 4.81. The van der Waals surface area contributed by atoms with Gasteiger partial charge in [0.05, 0.1) is 18.1 Å². The van der Waals surface area contributed by atoms with E-state index in [0.717, 1.165) is 16.9 Å². The summed E-state index contributed by atoms with van der Waals surface area (Å²) in [6.45, 7) is 8.02. The lowest BCUT2D eigenvalue weighted by Gasteiger charge is -2.23. The third-order valence-corrected chi connectivity index (χ3v) is 3.31. The fraction of sp³-hybridized carbons (Fsp3) is 0.467. The molecule has 0 aliphatic heterocycles. The number of methoxy groups -OCH3 is 1. The molecule has 20 heavy (non-hydrogen) atoms. The van der Waals surface area contributed by atoms with Gasteiger partial charge in [-0.1, -0.05) is 20.8 Å². The molecular weight excluding hydrogens is 254 g/mol. The topological polar surface area (TPSA) is 70.1 Å². The largest absolute Gasteiger partial charge is 0.467 e. The number of hydrogen-bond donors (Lipinski definition) is 1. The number of nitrogens with zero attached hydrogens (tertiary/aromatic N) is 2. The molecule has 1 aromatic carbocycles. The van der Waals surface area contributed by atoms with E-state index in [1.165, 1.54) is 7.11 Å². The molecule has 2 aromatic rings. The summed E-state index contributed by atoms with van der Waals surface area (Å²) >= 11 is 0. The molecule has 1 heterocycles. The highest BCUT2D eigenvalue weighted by Gasteiger charge is 2.28. The van der Waals surface area contributed by atoms with Gasteiger partial charge in [-0.25, -0.2) is 9.78 Å². The van der Waals surface area contributed by atoms with Crippen LogP contribution in [0.4, 0.5) is 5.69 Å². The van der Waals surface area contributed by atoms with Crippen molar-refractivity contribution >= 4 is 22.7 Å². The Bertz CT molecular complexity index is 653. The van der Waals surface area contributed by atoms with Crippen LogP contribution in [0.25, 0.3) is 11.0 Å². The van der Waals surface area contributed by atoms with Gasteiger partial charge in [-0.3, -0.25) is 0 Å². The van der Waals surface area contributed by atoms with Crippen LogP contribution in [-0.4, -0.2) is 22.6 Å². The lowest BCUT2D eigenvalue weighted by Crippen LogP contribution is -2.25. The normalized spacial score (nSPS) is 13.4. The zero-order valence-corrected chi connectivity index (χ0v) is 12.6. The summed E-state index contributed by atoms with van der Waals surface area (Å²) in [5.41, 5.74) is 7.98. The molecule has 1 atom stereocenters. The molecule has 0 fully saturated rings. The monoisotopic (exact) mass is 275 g/mol. The van der Waals surface area contributed by atoms with Crippen LogP contribution in [-0.2, 0) is 14.9 Å².